The number of benzene rings is 1. The van der Waals surface area contributed by atoms with E-state index in [0.717, 1.165) is 5.69 Å². The van der Waals surface area contributed by atoms with Crippen LogP contribution < -0.4 is 21.1 Å². The first-order chi connectivity index (χ1) is 13.4. The molecule has 0 saturated heterocycles. The number of aromatic nitrogens is 4. The smallest absolute Gasteiger partial charge is 0.341 e. The molecule has 3 rings (SSSR count). The highest BCUT2D eigenvalue weighted by Crippen LogP contribution is 2.27. The molecule has 0 fully saturated rings. The van der Waals surface area contributed by atoms with Crippen LogP contribution in [0.1, 0.15) is 23.0 Å². The van der Waals surface area contributed by atoms with Gasteiger partial charge in [0.2, 0.25) is 5.95 Å². The van der Waals surface area contributed by atoms with Crippen molar-refractivity contribution in [2.75, 3.05) is 37.1 Å². The van der Waals surface area contributed by atoms with Gasteiger partial charge in [-0.15, -0.1) is 0 Å². The maximum atomic E-state index is 11.9. The van der Waals surface area contributed by atoms with Crippen molar-refractivity contribution in [3.63, 3.8) is 0 Å². The molecule has 2 aromatic heterocycles. The van der Waals surface area contributed by atoms with Gasteiger partial charge in [-0.05, 0) is 19.1 Å². The summed E-state index contributed by atoms with van der Waals surface area (Å²) in [5.74, 6) is 0.239. The number of hydrogen-bond donors (Lipinski definition) is 2. The van der Waals surface area contributed by atoms with Crippen molar-refractivity contribution >= 4 is 34.6 Å². The van der Waals surface area contributed by atoms with E-state index in [9.17, 15) is 4.79 Å². The largest absolute Gasteiger partial charge is 0.493 e. The summed E-state index contributed by atoms with van der Waals surface area (Å²) in [7, 11) is 3.22. The number of anilines is 3. The predicted octanol–water partition coefficient (Wildman–Crippen LogP) is 1.41. The fraction of sp³-hybridized carbons (Fsp3) is 0.278. The summed E-state index contributed by atoms with van der Waals surface area (Å²) in [5, 5.41) is 0. The van der Waals surface area contributed by atoms with Crippen LogP contribution in [0.4, 0.5) is 17.5 Å². The van der Waals surface area contributed by atoms with Crippen LogP contribution in [0.25, 0.3) is 11.2 Å². The summed E-state index contributed by atoms with van der Waals surface area (Å²) < 4.78 is 10.4. The minimum Gasteiger partial charge on any atom is -0.493 e. The molecule has 0 aliphatic rings. The molecule has 0 radical (unpaired) electrons. The van der Waals surface area contributed by atoms with Gasteiger partial charge in [-0.1, -0.05) is 0 Å². The SMILES string of the molecule is CCOc1cc(N(C)Cc2cnc3nc(N)nc(N)c3n2)ccc1C(=O)OC. The van der Waals surface area contributed by atoms with Gasteiger partial charge in [0.15, 0.2) is 17.0 Å². The lowest BCUT2D eigenvalue weighted by Crippen LogP contribution is -2.18. The summed E-state index contributed by atoms with van der Waals surface area (Å²) in [6.07, 6.45) is 1.61. The molecule has 3 aromatic rings. The summed E-state index contributed by atoms with van der Waals surface area (Å²) in [6.45, 7) is 2.72. The molecule has 0 amide bonds. The van der Waals surface area contributed by atoms with Crippen LogP contribution in [0, 0.1) is 0 Å². The molecule has 4 N–H and O–H groups in total. The zero-order valence-corrected chi connectivity index (χ0v) is 15.8. The first-order valence-electron chi connectivity index (χ1n) is 8.53. The molecule has 2 heterocycles. The second-order valence-electron chi connectivity index (χ2n) is 5.96. The van der Waals surface area contributed by atoms with E-state index in [0.29, 0.717) is 41.3 Å². The van der Waals surface area contributed by atoms with Crippen molar-refractivity contribution in [1.82, 2.24) is 19.9 Å². The second-order valence-corrected chi connectivity index (χ2v) is 5.96. The highest BCUT2D eigenvalue weighted by molar-refractivity contribution is 5.93. The standard InChI is InChI=1S/C18H21N7O3/c1-4-28-13-7-11(5-6-12(13)17(26)27-3)25(2)9-10-8-21-16-14(22-10)15(19)23-18(20)24-16/h5-8H,4,9H2,1-3H3,(H4,19,20,21,23,24). The summed E-state index contributed by atoms with van der Waals surface area (Å²) >= 11 is 0. The van der Waals surface area contributed by atoms with Crippen LogP contribution in [0.3, 0.4) is 0 Å². The van der Waals surface area contributed by atoms with Crippen molar-refractivity contribution in [2.45, 2.75) is 13.5 Å². The van der Waals surface area contributed by atoms with E-state index in [1.54, 1.807) is 24.4 Å². The Morgan fingerprint density at radius 3 is 2.71 bits per heavy atom. The van der Waals surface area contributed by atoms with Crippen molar-refractivity contribution in [1.29, 1.82) is 0 Å². The molecule has 0 aliphatic heterocycles. The minimum absolute atomic E-state index is 0.0540. The highest BCUT2D eigenvalue weighted by atomic mass is 16.5. The number of rotatable bonds is 6. The van der Waals surface area contributed by atoms with E-state index < -0.39 is 5.97 Å². The van der Waals surface area contributed by atoms with E-state index in [-0.39, 0.29) is 11.8 Å². The third kappa shape index (κ3) is 3.85. The zero-order chi connectivity index (χ0) is 20.3. The number of carbonyl (C=O) groups is 1. The fourth-order valence-corrected chi connectivity index (χ4v) is 2.70. The van der Waals surface area contributed by atoms with Crippen LogP contribution in [-0.2, 0) is 11.3 Å². The Bertz CT molecular complexity index is 1030. The van der Waals surface area contributed by atoms with Gasteiger partial charge in [-0.25, -0.2) is 14.8 Å². The topological polar surface area (TPSA) is 142 Å². The first-order valence-corrected chi connectivity index (χ1v) is 8.53. The van der Waals surface area contributed by atoms with E-state index in [2.05, 4.69) is 19.9 Å². The molecule has 0 spiro atoms. The Kier molecular flexibility index (Phi) is 5.39. The summed E-state index contributed by atoms with van der Waals surface area (Å²) in [6, 6.07) is 5.26. The molecule has 0 bridgehead atoms. The lowest BCUT2D eigenvalue weighted by atomic mass is 10.1. The molecule has 0 aliphatic carbocycles. The number of ether oxygens (including phenoxy) is 2. The fourth-order valence-electron chi connectivity index (χ4n) is 2.70. The van der Waals surface area contributed by atoms with E-state index in [1.807, 2.05) is 18.9 Å². The number of fused-ring (bicyclic) bond motifs is 1. The number of nitrogens with zero attached hydrogens (tertiary/aromatic N) is 5. The second kappa shape index (κ2) is 7.91. The summed E-state index contributed by atoms with van der Waals surface area (Å²) in [4.78, 5) is 30.5. The monoisotopic (exact) mass is 383 g/mol. The summed E-state index contributed by atoms with van der Waals surface area (Å²) in [5.41, 5.74) is 14.1. The number of esters is 1. The van der Waals surface area contributed by atoms with Gasteiger partial charge in [0.05, 0.1) is 32.2 Å². The van der Waals surface area contributed by atoms with Crippen molar-refractivity contribution in [3.8, 4) is 5.75 Å². The molecule has 0 unspecified atom stereocenters. The maximum Gasteiger partial charge on any atom is 0.341 e. The van der Waals surface area contributed by atoms with E-state index in [1.165, 1.54) is 7.11 Å². The Hall–Kier alpha value is -3.69. The normalized spacial score (nSPS) is 10.7. The third-order valence-corrected chi connectivity index (χ3v) is 4.01. The quantitative estimate of drug-likeness (QED) is 0.600. The molecule has 146 valence electrons. The van der Waals surface area contributed by atoms with Crippen LogP contribution in [0.5, 0.6) is 5.75 Å². The highest BCUT2D eigenvalue weighted by Gasteiger charge is 2.16. The third-order valence-electron chi connectivity index (χ3n) is 4.01. The van der Waals surface area contributed by atoms with Crippen LogP contribution in [-0.4, -0.2) is 46.7 Å². The number of methoxy groups -OCH3 is 1. The predicted molar refractivity (Wildman–Crippen MR) is 105 cm³/mol. The minimum atomic E-state index is -0.451. The Balaban J connectivity index is 1.88. The van der Waals surface area contributed by atoms with Gasteiger partial charge >= 0.3 is 5.97 Å². The number of nitrogens with two attached hydrogens (primary N) is 2. The van der Waals surface area contributed by atoms with Gasteiger partial charge < -0.3 is 25.8 Å². The number of nitrogen functional groups attached to an aromatic ring is 2. The van der Waals surface area contributed by atoms with Gasteiger partial charge in [0, 0.05) is 18.8 Å². The molecule has 28 heavy (non-hydrogen) atoms. The lowest BCUT2D eigenvalue weighted by molar-refractivity contribution is 0.0596. The van der Waals surface area contributed by atoms with Crippen LogP contribution in [0.15, 0.2) is 24.4 Å². The van der Waals surface area contributed by atoms with Crippen LogP contribution >= 0.6 is 0 Å². The molecule has 0 atom stereocenters. The first kappa shape index (κ1) is 19.1. The van der Waals surface area contributed by atoms with Crippen molar-refractivity contribution in [3.05, 3.63) is 35.7 Å². The van der Waals surface area contributed by atoms with Crippen molar-refractivity contribution < 1.29 is 14.3 Å². The Labute approximate surface area is 161 Å². The van der Waals surface area contributed by atoms with Crippen LogP contribution in [0.2, 0.25) is 0 Å². The number of carbonyl (C=O) groups excluding carboxylic acids is 1. The van der Waals surface area contributed by atoms with E-state index >= 15 is 0 Å². The van der Waals surface area contributed by atoms with Gasteiger partial charge in [-0.3, -0.25) is 0 Å². The molecule has 1 aromatic carbocycles. The average Bonchev–Trinajstić information content (AvgIpc) is 2.68. The molecule has 10 nitrogen and oxygen atoms in total. The molecular formula is C18H21N7O3. The lowest BCUT2D eigenvalue weighted by Gasteiger charge is -2.20. The van der Waals surface area contributed by atoms with Gasteiger partial charge in [0.1, 0.15) is 11.3 Å². The zero-order valence-electron chi connectivity index (χ0n) is 15.8. The van der Waals surface area contributed by atoms with Crippen molar-refractivity contribution in [2.24, 2.45) is 0 Å². The van der Waals surface area contributed by atoms with Gasteiger partial charge in [-0.2, -0.15) is 9.97 Å². The Morgan fingerprint density at radius 2 is 2.00 bits per heavy atom. The van der Waals surface area contributed by atoms with Gasteiger partial charge in [0.25, 0.3) is 0 Å². The van der Waals surface area contributed by atoms with E-state index in [4.69, 9.17) is 20.9 Å². The number of hydrogen-bond acceptors (Lipinski definition) is 10. The maximum absolute atomic E-state index is 11.9. The Morgan fingerprint density at radius 1 is 1.21 bits per heavy atom. The average molecular weight is 383 g/mol. The molecule has 10 heteroatoms. The molecule has 0 saturated carbocycles. The molecular weight excluding hydrogens is 362 g/mol.